The molecular weight excluding hydrogens is 289 g/mol. The summed E-state index contributed by atoms with van der Waals surface area (Å²) < 4.78 is 0.128. The van der Waals surface area contributed by atoms with Crippen molar-refractivity contribution in [2.45, 2.75) is 16.4 Å². The number of rotatable bonds is 1. The first-order chi connectivity index (χ1) is 6.79. The van der Waals surface area contributed by atoms with Crippen LogP contribution in [0.15, 0.2) is 35.3 Å². The summed E-state index contributed by atoms with van der Waals surface area (Å²) in [5, 5.41) is 9.72. The first kappa shape index (κ1) is 10.1. The van der Waals surface area contributed by atoms with Crippen LogP contribution in [0, 0.1) is 0 Å². The van der Waals surface area contributed by atoms with E-state index in [2.05, 4.69) is 27.6 Å². The second-order valence-electron chi connectivity index (χ2n) is 3.39. The fraction of sp³-hybridized carbons (Fsp3) is 0.364. The third-order valence-corrected chi connectivity index (χ3v) is 3.80. The van der Waals surface area contributed by atoms with E-state index in [1.165, 1.54) is 0 Å². The van der Waals surface area contributed by atoms with Gasteiger partial charge in [0.2, 0.25) is 0 Å². The Morgan fingerprint density at radius 1 is 1.29 bits per heavy atom. The highest BCUT2D eigenvalue weighted by atomic mass is 127. The molecule has 2 nitrogen and oxygen atoms in total. The average molecular weight is 301 g/mol. The van der Waals surface area contributed by atoms with Gasteiger partial charge in [0.05, 0.1) is 15.7 Å². The van der Waals surface area contributed by atoms with Gasteiger partial charge in [-0.1, -0.05) is 52.9 Å². The van der Waals surface area contributed by atoms with Gasteiger partial charge in [-0.25, -0.2) is 0 Å². The van der Waals surface area contributed by atoms with Crippen molar-refractivity contribution in [2.24, 2.45) is 4.99 Å². The van der Waals surface area contributed by atoms with E-state index in [1.807, 2.05) is 30.3 Å². The van der Waals surface area contributed by atoms with Crippen molar-refractivity contribution < 1.29 is 5.11 Å². The molecule has 14 heavy (non-hydrogen) atoms. The topological polar surface area (TPSA) is 32.6 Å². The SMILES string of the molecule is OC1CCN=C(c2ccccc2)C1I. The average Bonchev–Trinajstić information content (AvgIpc) is 2.23. The Bertz CT molecular complexity index is 336. The van der Waals surface area contributed by atoms with E-state index in [0.29, 0.717) is 0 Å². The first-order valence-electron chi connectivity index (χ1n) is 4.71. The van der Waals surface area contributed by atoms with Crippen LogP contribution in [0.3, 0.4) is 0 Å². The summed E-state index contributed by atoms with van der Waals surface area (Å²) in [4.78, 5) is 4.48. The molecule has 1 N–H and O–H groups in total. The Balaban J connectivity index is 2.30. The third kappa shape index (κ3) is 1.98. The summed E-state index contributed by atoms with van der Waals surface area (Å²) in [6, 6.07) is 10.1. The van der Waals surface area contributed by atoms with Crippen LogP contribution < -0.4 is 0 Å². The summed E-state index contributed by atoms with van der Waals surface area (Å²) >= 11 is 2.27. The molecule has 2 rings (SSSR count). The Morgan fingerprint density at radius 2 is 2.00 bits per heavy atom. The van der Waals surface area contributed by atoms with Crippen LogP contribution >= 0.6 is 22.6 Å². The molecular formula is C11H12INO. The number of nitrogens with zero attached hydrogens (tertiary/aromatic N) is 1. The predicted molar refractivity (Wildman–Crippen MR) is 66.3 cm³/mol. The number of halogens is 1. The minimum absolute atomic E-state index is 0.128. The fourth-order valence-corrected chi connectivity index (χ4v) is 2.51. The quantitative estimate of drug-likeness (QED) is 0.625. The van der Waals surface area contributed by atoms with E-state index in [9.17, 15) is 5.11 Å². The van der Waals surface area contributed by atoms with Gasteiger partial charge >= 0.3 is 0 Å². The second-order valence-corrected chi connectivity index (χ2v) is 4.73. The molecule has 0 spiro atoms. The molecule has 2 atom stereocenters. The first-order valence-corrected chi connectivity index (χ1v) is 5.95. The van der Waals surface area contributed by atoms with E-state index in [-0.39, 0.29) is 10.0 Å². The van der Waals surface area contributed by atoms with Gasteiger partial charge < -0.3 is 5.11 Å². The van der Waals surface area contributed by atoms with Crippen LogP contribution in [0.1, 0.15) is 12.0 Å². The molecule has 0 bridgehead atoms. The van der Waals surface area contributed by atoms with Crippen molar-refractivity contribution in [1.82, 2.24) is 0 Å². The maximum atomic E-state index is 9.72. The normalized spacial score (nSPS) is 27.1. The molecule has 0 fully saturated rings. The van der Waals surface area contributed by atoms with Crippen LogP contribution in [-0.2, 0) is 0 Å². The standard InChI is InChI=1S/C11H12INO/c12-10-9(14)6-7-13-11(10)8-4-2-1-3-5-8/h1-5,9-10,14H,6-7H2. The van der Waals surface area contributed by atoms with Gasteiger partial charge in [-0.3, -0.25) is 4.99 Å². The van der Waals surface area contributed by atoms with Gasteiger partial charge in [-0.2, -0.15) is 0 Å². The molecule has 2 unspecified atom stereocenters. The molecule has 1 aromatic rings. The Morgan fingerprint density at radius 3 is 2.71 bits per heavy atom. The zero-order chi connectivity index (χ0) is 9.97. The Kier molecular flexibility index (Phi) is 3.18. The molecule has 74 valence electrons. The molecule has 0 aliphatic carbocycles. The summed E-state index contributed by atoms with van der Waals surface area (Å²) in [5.74, 6) is 0. The van der Waals surface area contributed by atoms with E-state index >= 15 is 0 Å². The number of aliphatic imine (C=N–C) groups is 1. The van der Waals surface area contributed by atoms with Crippen LogP contribution in [0.2, 0.25) is 0 Å². The maximum absolute atomic E-state index is 9.72. The van der Waals surface area contributed by atoms with E-state index < -0.39 is 0 Å². The van der Waals surface area contributed by atoms with Crippen LogP contribution in [-0.4, -0.2) is 27.4 Å². The lowest BCUT2D eigenvalue weighted by atomic mass is 10.00. The fourth-order valence-electron chi connectivity index (χ4n) is 1.59. The van der Waals surface area contributed by atoms with Gasteiger partial charge in [0.15, 0.2) is 0 Å². The number of benzene rings is 1. The number of hydrogen-bond donors (Lipinski definition) is 1. The van der Waals surface area contributed by atoms with Gasteiger partial charge in [-0.05, 0) is 12.0 Å². The molecule has 0 saturated heterocycles. The largest absolute Gasteiger partial charge is 0.392 e. The second kappa shape index (κ2) is 4.40. The molecule has 0 radical (unpaired) electrons. The molecule has 1 aliphatic heterocycles. The lowest BCUT2D eigenvalue weighted by Gasteiger charge is -2.23. The van der Waals surface area contributed by atoms with Crippen molar-refractivity contribution in [3.8, 4) is 0 Å². The zero-order valence-electron chi connectivity index (χ0n) is 7.73. The highest BCUT2D eigenvalue weighted by Crippen LogP contribution is 2.21. The molecule has 0 amide bonds. The highest BCUT2D eigenvalue weighted by Gasteiger charge is 2.25. The van der Waals surface area contributed by atoms with E-state index in [4.69, 9.17) is 0 Å². The Labute approximate surface area is 97.2 Å². The van der Waals surface area contributed by atoms with Crippen molar-refractivity contribution in [3.63, 3.8) is 0 Å². The van der Waals surface area contributed by atoms with Gasteiger partial charge in [0.1, 0.15) is 0 Å². The molecule has 1 aliphatic rings. The Hall–Kier alpha value is -0.420. The van der Waals surface area contributed by atoms with Crippen molar-refractivity contribution in [3.05, 3.63) is 35.9 Å². The van der Waals surface area contributed by atoms with Crippen LogP contribution in [0.5, 0.6) is 0 Å². The number of hydrogen-bond acceptors (Lipinski definition) is 2. The van der Waals surface area contributed by atoms with Crippen molar-refractivity contribution in [1.29, 1.82) is 0 Å². The minimum atomic E-state index is -0.247. The van der Waals surface area contributed by atoms with Gasteiger partial charge in [-0.15, -0.1) is 0 Å². The summed E-state index contributed by atoms with van der Waals surface area (Å²) in [5.41, 5.74) is 2.16. The van der Waals surface area contributed by atoms with Crippen LogP contribution in [0.4, 0.5) is 0 Å². The van der Waals surface area contributed by atoms with Crippen molar-refractivity contribution >= 4 is 28.3 Å². The summed E-state index contributed by atoms with van der Waals surface area (Å²) in [6.07, 6.45) is 0.535. The highest BCUT2D eigenvalue weighted by molar-refractivity contribution is 14.1. The molecule has 1 aromatic carbocycles. The predicted octanol–water partition coefficient (Wildman–Crippen LogP) is 2.04. The summed E-state index contributed by atoms with van der Waals surface area (Å²) in [6.45, 7) is 0.741. The lowest BCUT2D eigenvalue weighted by Crippen LogP contribution is -2.33. The zero-order valence-corrected chi connectivity index (χ0v) is 9.89. The smallest absolute Gasteiger partial charge is 0.0793 e. The third-order valence-electron chi connectivity index (χ3n) is 2.38. The van der Waals surface area contributed by atoms with Crippen LogP contribution in [0.25, 0.3) is 0 Å². The van der Waals surface area contributed by atoms with Gasteiger partial charge in [0, 0.05) is 6.54 Å². The molecule has 3 heteroatoms. The number of aliphatic hydroxyl groups is 1. The summed E-state index contributed by atoms with van der Waals surface area (Å²) in [7, 11) is 0. The lowest BCUT2D eigenvalue weighted by molar-refractivity contribution is 0.179. The minimum Gasteiger partial charge on any atom is -0.392 e. The van der Waals surface area contributed by atoms with E-state index in [1.54, 1.807) is 0 Å². The molecule has 0 aromatic heterocycles. The molecule has 1 heterocycles. The monoisotopic (exact) mass is 301 g/mol. The van der Waals surface area contributed by atoms with Gasteiger partial charge in [0.25, 0.3) is 0 Å². The maximum Gasteiger partial charge on any atom is 0.0793 e. The number of aliphatic hydroxyl groups excluding tert-OH is 1. The van der Waals surface area contributed by atoms with Crippen molar-refractivity contribution in [2.75, 3.05) is 6.54 Å². The number of alkyl halides is 1. The van der Waals surface area contributed by atoms with E-state index in [0.717, 1.165) is 24.2 Å². The molecule has 0 saturated carbocycles.